The van der Waals surface area contributed by atoms with Gasteiger partial charge in [-0.15, -0.1) is 5.10 Å². The van der Waals surface area contributed by atoms with Crippen LogP contribution in [-0.4, -0.2) is 20.1 Å². The van der Waals surface area contributed by atoms with Gasteiger partial charge in [-0.1, -0.05) is 25.4 Å². The molecule has 100 valence electrons. The molecule has 1 aromatic heterocycles. The molecule has 0 saturated carbocycles. The van der Waals surface area contributed by atoms with Crippen LogP contribution in [0.5, 0.6) is 0 Å². The van der Waals surface area contributed by atoms with Gasteiger partial charge < -0.3 is 0 Å². The summed E-state index contributed by atoms with van der Waals surface area (Å²) in [6.45, 7) is 4.02. The van der Waals surface area contributed by atoms with Crippen molar-refractivity contribution in [2.45, 2.75) is 29.8 Å². The maximum absolute atomic E-state index is 10.6. The van der Waals surface area contributed by atoms with Crippen LogP contribution in [0.15, 0.2) is 28.3 Å². The molecule has 0 bridgehead atoms. The number of hydrogen-bond acceptors (Lipinski definition) is 5. The molecule has 0 amide bonds. The molecule has 1 heterocycles. The van der Waals surface area contributed by atoms with Crippen LogP contribution in [0.3, 0.4) is 0 Å². The molecule has 6 nitrogen and oxygen atoms in total. The molecule has 2 rings (SSSR count). The molecule has 0 radical (unpaired) electrons. The fraction of sp³-hybridized carbons (Fsp3) is 0.273. The van der Waals surface area contributed by atoms with Crippen molar-refractivity contribution in [1.82, 2.24) is 15.2 Å². The number of H-pyrrole nitrogens is 1. The minimum Gasteiger partial charge on any atom is -0.262 e. The zero-order chi connectivity index (χ0) is 14.0. The molecule has 19 heavy (non-hydrogen) atoms. The van der Waals surface area contributed by atoms with Gasteiger partial charge in [-0.2, -0.15) is 0 Å². The fourth-order valence-corrected chi connectivity index (χ4v) is 2.36. The van der Waals surface area contributed by atoms with Gasteiger partial charge in [0.05, 0.1) is 9.95 Å². The Balaban J connectivity index is 2.20. The first-order valence-corrected chi connectivity index (χ1v) is 6.71. The zero-order valence-corrected chi connectivity index (χ0v) is 11.8. The molecule has 1 aromatic carbocycles. The van der Waals surface area contributed by atoms with E-state index in [9.17, 15) is 10.1 Å². The third-order valence-electron chi connectivity index (χ3n) is 2.36. The summed E-state index contributed by atoms with van der Waals surface area (Å²) < 4.78 is 0. The van der Waals surface area contributed by atoms with E-state index in [1.807, 2.05) is 13.8 Å². The van der Waals surface area contributed by atoms with E-state index in [1.165, 1.54) is 23.9 Å². The van der Waals surface area contributed by atoms with Crippen LogP contribution >= 0.6 is 23.4 Å². The molecule has 0 atom stereocenters. The normalized spacial score (nSPS) is 10.9. The average molecular weight is 299 g/mol. The maximum Gasteiger partial charge on any atom is 0.270 e. The Hall–Kier alpha value is -1.60. The molecule has 0 saturated heterocycles. The second kappa shape index (κ2) is 5.58. The number of halogens is 1. The fourth-order valence-electron chi connectivity index (χ4n) is 1.35. The summed E-state index contributed by atoms with van der Waals surface area (Å²) in [4.78, 5) is 15.1. The largest absolute Gasteiger partial charge is 0.270 e. The van der Waals surface area contributed by atoms with Crippen LogP contribution in [0.1, 0.15) is 25.6 Å². The molecule has 0 aliphatic carbocycles. The van der Waals surface area contributed by atoms with E-state index < -0.39 is 4.92 Å². The molecule has 8 heteroatoms. The highest BCUT2D eigenvalue weighted by Gasteiger charge is 2.13. The van der Waals surface area contributed by atoms with Gasteiger partial charge >= 0.3 is 0 Å². The van der Waals surface area contributed by atoms with E-state index >= 15 is 0 Å². The third kappa shape index (κ3) is 3.24. The smallest absolute Gasteiger partial charge is 0.262 e. The molecule has 0 aliphatic heterocycles. The van der Waals surface area contributed by atoms with Gasteiger partial charge in [0.2, 0.25) is 5.16 Å². The van der Waals surface area contributed by atoms with Crippen LogP contribution in [0.2, 0.25) is 5.02 Å². The Labute approximate surface area is 118 Å². The molecular formula is C11H11ClN4O2S. The monoisotopic (exact) mass is 298 g/mol. The van der Waals surface area contributed by atoms with E-state index in [0.29, 0.717) is 15.1 Å². The lowest BCUT2D eigenvalue weighted by atomic mass is 10.2. The van der Waals surface area contributed by atoms with Crippen molar-refractivity contribution in [3.63, 3.8) is 0 Å². The molecular weight excluding hydrogens is 288 g/mol. The van der Waals surface area contributed by atoms with E-state index in [4.69, 9.17) is 11.6 Å². The van der Waals surface area contributed by atoms with Gasteiger partial charge in [-0.3, -0.25) is 15.2 Å². The second-order valence-corrected chi connectivity index (χ2v) is 5.55. The molecule has 2 aromatic rings. The number of non-ortho nitro benzene ring substituents is 1. The van der Waals surface area contributed by atoms with Crippen molar-refractivity contribution < 1.29 is 4.92 Å². The summed E-state index contributed by atoms with van der Waals surface area (Å²) in [6.07, 6.45) is 0. The van der Waals surface area contributed by atoms with Crippen molar-refractivity contribution in [3.8, 4) is 0 Å². The summed E-state index contributed by atoms with van der Waals surface area (Å²) >= 11 is 7.27. The first-order valence-electron chi connectivity index (χ1n) is 5.51. The van der Waals surface area contributed by atoms with Crippen LogP contribution < -0.4 is 0 Å². The number of nitrogens with one attached hydrogen (secondary N) is 1. The van der Waals surface area contributed by atoms with Crippen molar-refractivity contribution in [2.24, 2.45) is 0 Å². The van der Waals surface area contributed by atoms with Gasteiger partial charge in [0, 0.05) is 22.9 Å². The van der Waals surface area contributed by atoms with E-state index in [2.05, 4.69) is 15.2 Å². The molecule has 0 fully saturated rings. The average Bonchev–Trinajstić information content (AvgIpc) is 2.80. The zero-order valence-electron chi connectivity index (χ0n) is 10.3. The van der Waals surface area contributed by atoms with E-state index in [-0.39, 0.29) is 11.6 Å². The van der Waals surface area contributed by atoms with Gasteiger partial charge in [0.1, 0.15) is 5.82 Å². The number of benzene rings is 1. The maximum atomic E-state index is 10.6. The highest BCUT2D eigenvalue weighted by atomic mass is 35.5. The number of nitro benzene ring substituents is 1. The van der Waals surface area contributed by atoms with Crippen molar-refractivity contribution in [3.05, 3.63) is 39.2 Å². The van der Waals surface area contributed by atoms with Crippen LogP contribution in [0, 0.1) is 10.1 Å². The lowest BCUT2D eigenvalue weighted by Crippen LogP contribution is -1.89. The summed E-state index contributed by atoms with van der Waals surface area (Å²) in [5, 5.41) is 18.4. The Morgan fingerprint density at radius 2 is 2.21 bits per heavy atom. The van der Waals surface area contributed by atoms with E-state index in [0.717, 1.165) is 5.82 Å². The van der Waals surface area contributed by atoms with Crippen LogP contribution in [0.25, 0.3) is 0 Å². The number of hydrogen-bond donors (Lipinski definition) is 1. The van der Waals surface area contributed by atoms with Gasteiger partial charge in [-0.25, -0.2) is 4.98 Å². The predicted molar refractivity (Wildman–Crippen MR) is 72.7 cm³/mol. The minimum atomic E-state index is -0.482. The van der Waals surface area contributed by atoms with Gasteiger partial charge in [0.15, 0.2) is 0 Å². The van der Waals surface area contributed by atoms with Gasteiger partial charge in [-0.05, 0) is 17.8 Å². The van der Waals surface area contributed by atoms with Crippen molar-refractivity contribution in [2.75, 3.05) is 0 Å². The summed E-state index contributed by atoms with van der Waals surface area (Å²) in [5.41, 5.74) is -0.0350. The number of nitrogens with zero attached hydrogens (tertiary/aromatic N) is 3. The summed E-state index contributed by atoms with van der Waals surface area (Å²) in [6, 6.07) is 4.32. The predicted octanol–water partition coefficient (Wildman–Crippen LogP) is 3.64. The molecule has 0 spiro atoms. The standard InChI is InChI=1S/C11H11ClN4O2S/c1-6(2)10-13-11(15-14-10)19-9-4-3-7(16(17)18)5-8(9)12/h3-6H,1-2H3,(H,13,14,15). The quantitative estimate of drug-likeness (QED) is 0.688. The van der Waals surface area contributed by atoms with E-state index in [1.54, 1.807) is 6.07 Å². The molecule has 0 unspecified atom stereocenters. The number of aromatic nitrogens is 3. The number of nitro groups is 1. The minimum absolute atomic E-state index is 0.0350. The Morgan fingerprint density at radius 1 is 1.47 bits per heavy atom. The topological polar surface area (TPSA) is 84.7 Å². The number of rotatable bonds is 4. The van der Waals surface area contributed by atoms with Crippen molar-refractivity contribution >= 4 is 29.1 Å². The van der Waals surface area contributed by atoms with Gasteiger partial charge in [0.25, 0.3) is 5.69 Å². The Morgan fingerprint density at radius 3 is 2.74 bits per heavy atom. The Bertz CT molecular complexity index is 614. The first kappa shape index (κ1) is 13.8. The third-order valence-corrected chi connectivity index (χ3v) is 3.72. The molecule has 1 N–H and O–H groups in total. The van der Waals surface area contributed by atoms with Crippen molar-refractivity contribution in [1.29, 1.82) is 0 Å². The lowest BCUT2D eigenvalue weighted by Gasteiger charge is -2.00. The summed E-state index contributed by atoms with van der Waals surface area (Å²) in [7, 11) is 0. The lowest BCUT2D eigenvalue weighted by molar-refractivity contribution is -0.384. The highest BCUT2D eigenvalue weighted by molar-refractivity contribution is 7.99. The SMILES string of the molecule is CC(C)c1nc(Sc2ccc([N+](=O)[O-])cc2Cl)n[nH]1. The Kier molecular flexibility index (Phi) is 4.06. The van der Waals surface area contributed by atoms with Crippen LogP contribution in [0.4, 0.5) is 5.69 Å². The first-order chi connectivity index (χ1) is 8.97. The highest BCUT2D eigenvalue weighted by Crippen LogP contribution is 2.33. The molecule has 0 aliphatic rings. The second-order valence-electron chi connectivity index (χ2n) is 4.13. The summed E-state index contributed by atoms with van der Waals surface area (Å²) in [5.74, 6) is 1.05. The number of aromatic amines is 1. The van der Waals surface area contributed by atoms with Crippen LogP contribution in [-0.2, 0) is 0 Å².